The Morgan fingerprint density at radius 1 is 1.41 bits per heavy atom. The quantitative estimate of drug-likeness (QED) is 0.878. The lowest BCUT2D eigenvalue weighted by molar-refractivity contribution is 0.368. The molecule has 1 aromatic carbocycles. The molecule has 5 heteroatoms. The number of benzene rings is 1. The Bertz CT molecular complexity index is 511. The van der Waals surface area contributed by atoms with Crippen LogP contribution in [0.15, 0.2) is 28.8 Å². The highest BCUT2D eigenvalue weighted by Crippen LogP contribution is 2.26. The summed E-state index contributed by atoms with van der Waals surface area (Å²) in [5.74, 6) is 0.888. The number of nitrogens with zero attached hydrogens (tertiary/aromatic N) is 1. The summed E-state index contributed by atoms with van der Waals surface area (Å²) in [4.78, 5) is 0. The van der Waals surface area contributed by atoms with E-state index in [0.717, 1.165) is 17.0 Å². The molecule has 0 aliphatic heterocycles. The van der Waals surface area contributed by atoms with E-state index in [-0.39, 0.29) is 5.75 Å². The Hall–Kier alpha value is -1.52. The van der Waals surface area contributed by atoms with Crippen LogP contribution in [0.3, 0.4) is 0 Å². The van der Waals surface area contributed by atoms with E-state index in [0.29, 0.717) is 18.1 Å². The number of aromatic hydroxyl groups is 1. The molecule has 0 amide bonds. The SMILES string of the molecule is Cc1cc(CNCc2cccc(Cl)c2O)on1. The minimum absolute atomic E-state index is 0.121. The lowest BCUT2D eigenvalue weighted by atomic mass is 10.2. The average molecular weight is 253 g/mol. The molecule has 2 aromatic rings. The van der Waals surface area contributed by atoms with E-state index in [1.165, 1.54) is 0 Å². The highest BCUT2D eigenvalue weighted by atomic mass is 35.5. The van der Waals surface area contributed by atoms with Crippen LogP contribution in [0.25, 0.3) is 0 Å². The van der Waals surface area contributed by atoms with Gasteiger partial charge in [0, 0.05) is 18.2 Å². The molecule has 0 saturated carbocycles. The van der Waals surface area contributed by atoms with E-state index in [2.05, 4.69) is 10.5 Å². The van der Waals surface area contributed by atoms with Crippen LogP contribution in [0.2, 0.25) is 5.02 Å². The van der Waals surface area contributed by atoms with E-state index >= 15 is 0 Å². The number of halogens is 1. The largest absolute Gasteiger partial charge is 0.506 e. The van der Waals surface area contributed by atoms with Crippen LogP contribution in [0.1, 0.15) is 17.0 Å². The molecule has 0 fully saturated rings. The third-order valence-electron chi connectivity index (χ3n) is 2.36. The Labute approximate surface area is 104 Å². The number of hydrogen-bond donors (Lipinski definition) is 2. The highest BCUT2D eigenvalue weighted by molar-refractivity contribution is 6.32. The number of para-hydroxylation sites is 1. The smallest absolute Gasteiger partial charge is 0.150 e. The molecule has 0 saturated heterocycles. The van der Waals surface area contributed by atoms with Gasteiger partial charge in [-0.1, -0.05) is 28.9 Å². The molecule has 4 nitrogen and oxygen atoms in total. The van der Waals surface area contributed by atoms with Gasteiger partial charge in [0.15, 0.2) is 5.76 Å². The van der Waals surface area contributed by atoms with Crippen molar-refractivity contribution >= 4 is 11.6 Å². The second-order valence-corrected chi connectivity index (χ2v) is 4.19. The molecule has 0 aliphatic rings. The van der Waals surface area contributed by atoms with Crippen LogP contribution < -0.4 is 5.32 Å². The molecule has 0 bridgehead atoms. The molecule has 17 heavy (non-hydrogen) atoms. The summed E-state index contributed by atoms with van der Waals surface area (Å²) in [5.41, 5.74) is 1.61. The van der Waals surface area contributed by atoms with Gasteiger partial charge < -0.3 is 14.9 Å². The van der Waals surface area contributed by atoms with Crippen LogP contribution in [-0.4, -0.2) is 10.3 Å². The fraction of sp³-hybridized carbons (Fsp3) is 0.250. The van der Waals surface area contributed by atoms with Gasteiger partial charge in [-0.3, -0.25) is 0 Å². The van der Waals surface area contributed by atoms with E-state index in [9.17, 15) is 5.11 Å². The monoisotopic (exact) mass is 252 g/mol. The Morgan fingerprint density at radius 3 is 2.94 bits per heavy atom. The van der Waals surface area contributed by atoms with Crippen molar-refractivity contribution in [2.45, 2.75) is 20.0 Å². The summed E-state index contributed by atoms with van der Waals surface area (Å²) in [5, 5.41) is 17.0. The summed E-state index contributed by atoms with van der Waals surface area (Å²) in [6, 6.07) is 7.14. The zero-order valence-electron chi connectivity index (χ0n) is 9.40. The molecule has 0 unspecified atom stereocenters. The predicted octanol–water partition coefficient (Wildman–Crippen LogP) is 2.63. The summed E-state index contributed by atoms with van der Waals surface area (Å²) < 4.78 is 5.06. The van der Waals surface area contributed by atoms with Crippen LogP contribution in [0.5, 0.6) is 5.75 Å². The van der Waals surface area contributed by atoms with E-state index < -0.39 is 0 Å². The number of phenols is 1. The number of aryl methyl sites for hydroxylation is 1. The molecular weight excluding hydrogens is 240 g/mol. The maximum absolute atomic E-state index is 9.69. The van der Waals surface area contributed by atoms with Crippen molar-refractivity contribution in [1.82, 2.24) is 10.5 Å². The molecule has 1 aromatic heterocycles. The lowest BCUT2D eigenvalue weighted by Gasteiger charge is -2.06. The lowest BCUT2D eigenvalue weighted by Crippen LogP contribution is -2.12. The molecule has 0 spiro atoms. The van der Waals surface area contributed by atoms with Gasteiger partial charge in [-0.25, -0.2) is 0 Å². The maximum Gasteiger partial charge on any atom is 0.150 e. The van der Waals surface area contributed by atoms with Crippen LogP contribution in [0, 0.1) is 6.92 Å². The molecule has 2 N–H and O–H groups in total. The van der Waals surface area contributed by atoms with Crippen molar-refractivity contribution in [2.75, 3.05) is 0 Å². The standard InChI is InChI=1S/C12H13ClN2O2/c1-8-5-10(17-15-8)7-14-6-9-3-2-4-11(13)12(9)16/h2-5,14,16H,6-7H2,1H3. The van der Waals surface area contributed by atoms with Crippen molar-refractivity contribution in [1.29, 1.82) is 0 Å². The van der Waals surface area contributed by atoms with Crippen LogP contribution >= 0.6 is 11.6 Å². The molecule has 2 rings (SSSR count). The number of aromatic nitrogens is 1. The first-order chi connectivity index (χ1) is 8.16. The fourth-order valence-electron chi connectivity index (χ4n) is 1.52. The fourth-order valence-corrected chi connectivity index (χ4v) is 1.72. The second kappa shape index (κ2) is 5.21. The normalized spacial score (nSPS) is 10.7. The van der Waals surface area contributed by atoms with Gasteiger partial charge in [-0.15, -0.1) is 0 Å². The van der Waals surface area contributed by atoms with Gasteiger partial charge in [0.25, 0.3) is 0 Å². The van der Waals surface area contributed by atoms with Crippen molar-refractivity contribution in [2.24, 2.45) is 0 Å². The molecule has 1 heterocycles. The number of phenolic OH excluding ortho intramolecular Hbond substituents is 1. The Morgan fingerprint density at radius 2 is 2.24 bits per heavy atom. The van der Waals surface area contributed by atoms with Gasteiger partial charge >= 0.3 is 0 Å². The highest BCUT2D eigenvalue weighted by Gasteiger charge is 2.05. The number of nitrogens with one attached hydrogen (secondary N) is 1. The van der Waals surface area contributed by atoms with Crippen molar-refractivity contribution < 1.29 is 9.63 Å². The van der Waals surface area contributed by atoms with Crippen molar-refractivity contribution in [3.8, 4) is 5.75 Å². The third kappa shape index (κ3) is 2.99. The molecule has 0 aliphatic carbocycles. The average Bonchev–Trinajstić information content (AvgIpc) is 2.70. The first-order valence-corrected chi connectivity index (χ1v) is 5.64. The van der Waals surface area contributed by atoms with Gasteiger partial charge in [0.05, 0.1) is 17.3 Å². The van der Waals surface area contributed by atoms with Gasteiger partial charge in [0.1, 0.15) is 5.75 Å². The summed E-state index contributed by atoms with van der Waals surface area (Å²) in [6.07, 6.45) is 0. The third-order valence-corrected chi connectivity index (χ3v) is 2.67. The minimum Gasteiger partial charge on any atom is -0.506 e. The number of rotatable bonds is 4. The maximum atomic E-state index is 9.69. The zero-order valence-corrected chi connectivity index (χ0v) is 10.2. The Balaban J connectivity index is 1.92. The van der Waals surface area contributed by atoms with E-state index in [4.69, 9.17) is 16.1 Å². The number of hydrogen-bond acceptors (Lipinski definition) is 4. The molecule has 0 radical (unpaired) electrons. The zero-order chi connectivity index (χ0) is 12.3. The van der Waals surface area contributed by atoms with E-state index in [1.807, 2.05) is 19.1 Å². The topological polar surface area (TPSA) is 58.3 Å². The summed E-state index contributed by atoms with van der Waals surface area (Å²) in [6.45, 7) is 2.95. The summed E-state index contributed by atoms with van der Waals surface area (Å²) in [7, 11) is 0. The van der Waals surface area contributed by atoms with E-state index in [1.54, 1.807) is 12.1 Å². The first kappa shape index (κ1) is 12.0. The van der Waals surface area contributed by atoms with Crippen molar-refractivity contribution in [3.05, 3.63) is 46.3 Å². The summed E-state index contributed by atoms with van der Waals surface area (Å²) >= 11 is 5.81. The molecule has 90 valence electrons. The molecule has 0 atom stereocenters. The van der Waals surface area contributed by atoms with Gasteiger partial charge in [-0.05, 0) is 13.0 Å². The minimum atomic E-state index is 0.121. The van der Waals surface area contributed by atoms with Gasteiger partial charge in [-0.2, -0.15) is 0 Å². The second-order valence-electron chi connectivity index (χ2n) is 3.79. The Kier molecular flexibility index (Phi) is 3.66. The van der Waals surface area contributed by atoms with Crippen LogP contribution in [0.4, 0.5) is 0 Å². The predicted molar refractivity (Wildman–Crippen MR) is 64.9 cm³/mol. The first-order valence-electron chi connectivity index (χ1n) is 5.26. The molecular formula is C12H13ClN2O2. The van der Waals surface area contributed by atoms with Crippen LogP contribution in [-0.2, 0) is 13.1 Å². The van der Waals surface area contributed by atoms with Crippen molar-refractivity contribution in [3.63, 3.8) is 0 Å². The van der Waals surface area contributed by atoms with Gasteiger partial charge in [0.2, 0.25) is 0 Å².